The van der Waals surface area contributed by atoms with Crippen LogP contribution >= 0.6 is 0 Å². The van der Waals surface area contributed by atoms with Crippen molar-refractivity contribution in [3.8, 4) is 11.1 Å². The predicted octanol–water partition coefficient (Wildman–Crippen LogP) is 3.71. The van der Waals surface area contributed by atoms with Gasteiger partial charge in [0.2, 0.25) is 5.91 Å². The van der Waals surface area contributed by atoms with Crippen LogP contribution in [0.5, 0.6) is 0 Å². The van der Waals surface area contributed by atoms with Gasteiger partial charge in [0, 0.05) is 23.4 Å². The number of rotatable bonds is 3. The van der Waals surface area contributed by atoms with Gasteiger partial charge in [-0.1, -0.05) is 18.9 Å². The third-order valence-corrected chi connectivity index (χ3v) is 6.20. The Morgan fingerprint density at radius 3 is 2.74 bits per heavy atom. The van der Waals surface area contributed by atoms with Crippen molar-refractivity contribution < 1.29 is 9.59 Å². The molecule has 2 N–H and O–H groups in total. The monoisotopic (exact) mass is 361 g/mol. The number of hydrogen-bond acceptors (Lipinski definition) is 3. The number of nitrogens with zero attached hydrogens (tertiary/aromatic N) is 1. The molecule has 0 atom stereocenters. The lowest BCUT2D eigenvalue weighted by molar-refractivity contribution is -0.120. The lowest BCUT2D eigenvalue weighted by Crippen LogP contribution is -2.31. The van der Waals surface area contributed by atoms with E-state index < -0.39 is 5.41 Å². The quantitative estimate of drug-likeness (QED) is 0.875. The minimum Gasteiger partial charge on any atom is -0.349 e. The topological polar surface area (TPSA) is 71.1 Å². The molecule has 27 heavy (non-hydrogen) atoms. The second kappa shape index (κ2) is 5.91. The maximum Gasteiger partial charge on any atom is 0.251 e. The van der Waals surface area contributed by atoms with Crippen LogP contribution in [0.1, 0.15) is 60.1 Å². The fourth-order valence-electron chi connectivity index (χ4n) is 4.45. The van der Waals surface area contributed by atoms with Gasteiger partial charge in [-0.2, -0.15) is 0 Å². The van der Waals surface area contributed by atoms with Crippen LogP contribution in [0.4, 0.5) is 5.69 Å². The molecule has 2 amide bonds. The van der Waals surface area contributed by atoms with E-state index >= 15 is 0 Å². The Bertz CT molecular complexity index is 956. The zero-order valence-electron chi connectivity index (χ0n) is 15.5. The Hall–Kier alpha value is -2.69. The van der Waals surface area contributed by atoms with E-state index in [2.05, 4.69) is 10.6 Å². The second-order valence-electron chi connectivity index (χ2n) is 8.14. The highest BCUT2D eigenvalue weighted by Gasteiger charge is 2.49. The van der Waals surface area contributed by atoms with Gasteiger partial charge in [0.15, 0.2) is 0 Å². The maximum atomic E-state index is 12.6. The Balaban J connectivity index is 1.51. The van der Waals surface area contributed by atoms with Crippen LogP contribution < -0.4 is 10.6 Å². The first-order chi connectivity index (χ1) is 13.1. The number of fused-ring (bicyclic) bond motifs is 2. The van der Waals surface area contributed by atoms with Crippen molar-refractivity contribution in [3.63, 3.8) is 0 Å². The van der Waals surface area contributed by atoms with Crippen LogP contribution in [0.25, 0.3) is 11.1 Å². The Kier molecular flexibility index (Phi) is 3.61. The first-order valence-corrected chi connectivity index (χ1v) is 9.81. The van der Waals surface area contributed by atoms with Gasteiger partial charge in [-0.3, -0.25) is 14.6 Å². The highest BCUT2D eigenvalue weighted by Crippen LogP contribution is 2.48. The normalized spacial score (nSPS) is 19.8. The standard InChI is InChI=1S/C22H23N3O2/c1-13-4-5-14(20(26)24-16-6-7-16)10-17(13)15-11-18-19(23-12-15)22(21(27)25-18)8-2-3-9-22/h4-5,10-12,16H,2-3,6-9H2,1H3,(H,24,26)(H,25,27). The Morgan fingerprint density at radius 1 is 1.22 bits per heavy atom. The van der Waals surface area contributed by atoms with Crippen molar-refractivity contribution in [2.75, 3.05) is 5.32 Å². The average Bonchev–Trinajstić information content (AvgIpc) is 3.26. The fraction of sp³-hybridized carbons (Fsp3) is 0.409. The molecule has 1 aromatic carbocycles. The number of hydrogen-bond donors (Lipinski definition) is 2. The zero-order chi connectivity index (χ0) is 18.6. The summed E-state index contributed by atoms with van der Waals surface area (Å²) in [5.41, 5.74) is 4.96. The van der Waals surface area contributed by atoms with Crippen LogP contribution in [-0.4, -0.2) is 22.8 Å². The van der Waals surface area contributed by atoms with Crippen LogP contribution in [0.3, 0.4) is 0 Å². The van der Waals surface area contributed by atoms with Crippen molar-refractivity contribution in [2.24, 2.45) is 0 Å². The number of aromatic nitrogens is 1. The minimum absolute atomic E-state index is 0.0221. The van der Waals surface area contributed by atoms with E-state index in [0.29, 0.717) is 11.6 Å². The molecule has 5 heteroatoms. The Morgan fingerprint density at radius 2 is 2.00 bits per heavy atom. The van der Waals surface area contributed by atoms with Crippen molar-refractivity contribution >= 4 is 17.5 Å². The van der Waals surface area contributed by atoms with E-state index in [9.17, 15) is 9.59 Å². The lowest BCUT2D eigenvalue weighted by Gasteiger charge is -2.19. The van der Waals surface area contributed by atoms with Gasteiger partial charge in [0.1, 0.15) is 0 Å². The SMILES string of the molecule is Cc1ccc(C(=O)NC2CC2)cc1-c1cnc2c(c1)NC(=O)C21CCCC1. The second-order valence-corrected chi connectivity index (χ2v) is 8.14. The number of anilines is 1. The molecule has 5 rings (SSSR count). The van der Waals surface area contributed by atoms with Crippen molar-refractivity contribution in [1.29, 1.82) is 0 Å². The molecule has 2 saturated carbocycles. The van der Waals surface area contributed by atoms with Crippen LogP contribution in [0.15, 0.2) is 30.5 Å². The maximum absolute atomic E-state index is 12.6. The molecule has 0 radical (unpaired) electrons. The predicted molar refractivity (Wildman–Crippen MR) is 104 cm³/mol. The molecule has 1 aromatic heterocycles. The number of carbonyl (C=O) groups excluding carboxylic acids is 2. The molecule has 3 aliphatic rings. The van der Waals surface area contributed by atoms with E-state index in [1.54, 1.807) is 0 Å². The highest BCUT2D eigenvalue weighted by molar-refractivity contribution is 6.06. The summed E-state index contributed by atoms with van der Waals surface area (Å²) in [5.74, 6) is 0.0695. The summed E-state index contributed by atoms with van der Waals surface area (Å²) in [7, 11) is 0. The van der Waals surface area contributed by atoms with E-state index in [1.165, 1.54) is 0 Å². The number of carbonyl (C=O) groups is 2. The van der Waals surface area contributed by atoms with E-state index in [4.69, 9.17) is 4.98 Å². The molecule has 0 saturated heterocycles. The summed E-state index contributed by atoms with van der Waals surface area (Å²) in [6, 6.07) is 8.12. The summed E-state index contributed by atoms with van der Waals surface area (Å²) in [4.78, 5) is 29.7. The van der Waals surface area contributed by atoms with Gasteiger partial charge < -0.3 is 10.6 Å². The van der Waals surface area contributed by atoms with E-state index in [-0.39, 0.29) is 11.8 Å². The molecule has 5 nitrogen and oxygen atoms in total. The van der Waals surface area contributed by atoms with Crippen molar-refractivity contribution in [3.05, 3.63) is 47.3 Å². The third-order valence-electron chi connectivity index (χ3n) is 6.20. The van der Waals surface area contributed by atoms with Crippen molar-refractivity contribution in [2.45, 2.75) is 56.9 Å². The summed E-state index contributed by atoms with van der Waals surface area (Å²) < 4.78 is 0. The average molecular weight is 361 g/mol. The number of nitrogens with one attached hydrogen (secondary N) is 2. The zero-order valence-corrected chi connectivity index (χ0v) is 15.5. The molecule has 0 bridgehead atoms. The molecule has 1 aliphatic heterocycles. The number of amides is 2. The third kappa shape index (κ3) is 2.64. The molecule has 2 fully saturated rings. The molecule has 1 spiro atoms. The highest BCUT2D eigenvalue weighted by atomic mass is 16.2. The van der Waals surface area contributed by atoms with Gasteiger partial charge in [0.05, 0.1) is 16.8 Å². The lowest BCUT2D eigenvalue weighted by atomic mass is 9.83. The number of aryl methyl sites for hydroxylation is 1. The Labute approximate surface area is 158 Å². The molecule has 2 aromatic rings. The largest absolute Gasteiger partial charge is 0.349 e. The molecule has 0 unspecified atom stereocenters. The number of benzene rings is 1. The molecular weight excluding hydrogens is 338 g/mol. The first-order valence-electron chi connectivity index (χ1n) is 9.81. The van der Waals surface area contributed by atoms with Crippen LogP contribution in [0.2, 0.25) is 0 Å². The van der Waals surface area contributed by atoms with Crippen molar-refractivity contribution in [1.82, 2.24) is 10.3 Å². The molecule has 2 aliphatic carbocycles. The fourth-order valence-corrected chi connectivity index (χ4v) is 4.45. The molecule has 138 valence electrons. The van der Waals surface area contributed by atoms with Gasteiger partial charge in [0.25, 0.3) is 5.91 Å². The van der Waals surface area contributed by atoms with Gasteiger partial charge >= 0.3 is 0 Å². The number of pyridine rings is 1. The smallest absolute Gasteiger partial charge is 0.251 e. The van der Waals surface area contributed by atoms with E-state index in [1.807, 2.05) is 37.4 Å². The molecule has 2 heterocycles. The van der Waals surface area contributed by atoms with Gasteiger partial charge in [-0.15, -0.1) is 0 Å². The summed E-state index contributed by atoms with van der Waals surface area (Å²) in [6.45, 7) is 2.03. The minimum atomic E-state index is -0.422. The summed E-state index contributed by atoms with van der Waals surface area (Å²) in [5, 5.41) is 6.09. The first kappa shape index (κ1) is 16.5. The van der Waals surface area contributed by atoms with E-state index in [0.717, 1.165) is 66.6 Å². The summed E-state index contributed by atoms with van der Waals surface area (Å²) in [6.07, 6.45) is 7.91. The van der Waals surface area contributed by atoms with Gasteiger partial charge in [-0.05, 0) is 61.9 Å². The van der Waals surface area contributed by atoms with Gasteiger partial charge in [-0.25, -0.2) is 0 Å². The van der Waals surface area contributed by atoms with Crippen LogP contribution in [-0.2, 0) is 10.2 Å². The van der Waals surface area contributed by atoms with Crippen LogP contribution in [0, 0.1) is 6.92 Å². The molecular formula is C22H23N3O2. The summed E-state index contributed by atoms with van der Waals surface area (Å²) >= 11 is 0.